The molecule has 174 valence electrons. The monoisotopic (exact) mass is 465 g/mol. The number of rotatable bonds is 5. The van der Waals surface area contributed by atoms with Crippen molar-refractivity contribution in [3.05, 3.63) is 101 Å². The second kappa shape index (κ2) is 9.40. The second-order valence-corrected chi connectivity index (χ2v) is 8.00. The lowest BCUT2D eigenvalue weighted by Gasteiger charge is -2.12. The van der Waals surface area contributed by atoms with Crippen molar-refractivity contribution in [3.63, 3.8) is 0 Å². The number of fused-ring (bicyclic) bond motifs is 2. The highest BCUT2D eigenvalue weighted by molar-refractivity contribution is 6.06. The molecule has 7 heteroatoms. The summed E-state index contributed by atoms with van der Waals surface area (Å²) in [4.78, 5) is 22.6. The predicted octanol–water partition coefficient (Wildman–Crippen LogP) is 5.28. The van der Waals surface area contributed by atoms with Crippen molar-refractivity contribution in [1.82, 2.24) is 4.98 Å². The normalized spacial score (nSPS) is 11.7. The number of hydrogen-bond donors (Lipinski definition) is 2. The summed E-state index contributed by atoms with van der Waals surface area (Å²) in [7, 11) is 1.54. The molecule has 0 aliphatic carbocycles. The van der Waals surface area contributed by atoms with E-state index >= 15 is 0 Å². The predicted molar refractivity (Wildman–Crippen MR) is 135 cm³/mol. The number of amides is 1. The number of benzene rings is 3. The van der Waals surface area contributed by atoms with Crippen molar-refractivity contribution in [1.29, 1.82) is 0 Å². The lowest BCUT2D eigenvalue weighted by atomic mass is 10.1. The highest BCUT2D eigenvalue weighted by Gasteiger charge is 2.18. The summed E-state index contributed by atoms with van der Waals surface area (Å²) in [5, 5.41) is 15.3. The Hall–Kier alpha value is -4.49. The van der Waals surface area contributed by atoms with Gasteiger partial charge in [-0.15, -0.1) is 0 Å². The number of hydrogen-bond acceptors (Lipinski definition) is 6. The first-order valence-corrected chi connectivity index (χ1v) is 11.1. The maximum absolute atomic E-state index is 13.5. The highest BCUT2D eigenvalue weighted by Crippen LogP contribution is 2.27. The van der Waals surface area contributed by atoms with Crippen LogP contribution in [-0.4, -0.2) is 23.1 Å². The van der Waals surface area contributed by atoms with Gasteiger partial charge >= 0.3 is 0 Å². The maximum atomic E-state index is 13.5. The molecule has 35 heavy (non-hydrogen) atoms. The van der Waals surface area contributed by atoms with Gasteiger partial charge in [0.2, 0.25) is 5.55 Å². The van der Waals surface area contributed by atoms with Crippen LogP contribution >= 0.6 is 0 Å². The Balaban J connectivity index is 1.76. The molecule has 5 aromatic rings. The van der Waals surface area contributed by atoms with E-state index in [4.69, 9.17) is 14.1 Å². The third-order valence-corrected chi connectivity index (χ3v) is 5.81. The molecule has 0 radical (unpaired) electrons. The first-order valence-electron chi connectivity index (χ1n) is 11.1. The Bertz CT molecular complexity index is 1630. The topological polar surface area (TPSA) is 97.0 Å². The summed E-state index contributed by atoms with van der Waals surface area (Å²) in [6.07, 6.45) is 1.58. The number of aryl methyl sites for hydroxylation is 1. The van der Waals surface area contributed by atoms with E-state index in [1.807, 2.05) is 61.5 Å². The summed E-state index contributed by atoms with van der Waals surface area (Å²) < 4.78 is 11.6. The van der Waals surface area contributed by atoms with E-state index in [0.717, 1.165) is 10.8 Å². The lowest BCUT2D eigenvalue weighted by molar-refractivity contribution is 0.102. The van der Waals surface area contributed by atoms with Crippen LogP contribution in [0.15, 0.2) is 88.4 Å². The standard InChI is InChI=1S/C28H23N3O4/c1-17-26-21(19(16-32)15-29-17)14-22(27(33)30-24-11-5-6-13-25(24)34-2)28(35-26)31-23-12-7-9-18-8-3-4-10-20(18)23/h3-15,32H,16H2,1-2H3,(H,30,33). The SMILES string of the molecule is COc1ccccc1NC(=O)c1cc2c(CO)cnc(C)c2oc1=Nc1cccc2ccccc12. The van der Waals surface area contributed by atoms with Crippen LogP contribution in [0.5, 0.6) is 5.75 Å². The van der Waals surface area contributed by atoms with Crippen LogP contribution in [0, 0.1) is 6.92 Å². The zero-order valence-corrected chi connectivity index (χ0v) is 19.3. The second-order valence-electron chi connectivity index (χ2n) is 8.00. The number of methoxy groups -OCH3 is 1. The summed E-state index contributed by atoms with van der Waals surface area (Å²) in [6.45, 7) is 1.57. The Morgan fingerprint density at radius 2 is 1.83 bits per heavy atom. The third-order valence-electron chi connectivity index (χ3n) is 5.81. The van der Waals surface area contributed by atoms with Gasteiger partial charge in [-0.05, 0) is 36.6 Å². The minimum absolute atomic E-state index is 0.140. The Morgan fingerprint density at radius 1 is 1.06 bits per heavy atom. The van der Waals surface area contributed by atoms with Gasteiger partial charge in [0.15, 0.2) is 5.58 Å². The van der Waals surface area contributed by atoms with Gasteiger partial charge in [0.05, 0.1) is 30.8 Å². The molecule has 0 saturated heterocycles. The van der Waals surface area contributed by atoms with Gasteiger partial charge in [-0.25, -0.2) is 4.99 Å². The van der Waals surface area contributed by atoms with Crippen molar-refractivity contribution in [2.45, 2.75) is 13.5 Å². The number of anilines is 1. The van der Waals surface area contributed by atoms with Crippen LogP contribution in [0.4, 0.5) is 11.4 Å². The number of aliphatic hydroxyl groups is 1. The van der Waals surface area contributed by atoms with Gasteiger partial charge in [0, 0.05) is 22.5 Å². The van der Waals surface area contributed by atoms with Gasteiger partial charge in [0.1, 0.15) is 11.3 Å². The average molecular weight is 466 g/mol. The molecular formula is C28H23N3O4. The third kappa shape index (κ3) is 4.25. The largest absolute Gasteiger partial charge is 0.495 e. The number of pyridine rings is 1. The van der Waals surface area contributed by atoms with E-state index in [9.17, 15) is 9.90 Å². The van der Waals surface area contributed by atoms with Crippen LogP contribution in [0.2, 0.25) is 0 Å². The van der Waals surface area contributed by atoms with Gasteiger partial charge < -0.3 is 19.6 Å². The first-order chi connectivity index (χ1) is 17.1. The van der Waals surface area contributed by atoms with Gasteiger partial charge in [-0.2, -0.15) is 0 Å². The molecule has 2 N–H and O–H groups in total. The van der Waals surface area contributed by atoms with E-state index < -0.39 is 5.91 Å². The first kappa shape index (κ1) is 22.3. The van der Waals surface area contributed by atoms with E-state index in [1.54, 1.807) is 31.5 Å². The quantitative estimate of drug-likeness (QED) is 0.368. The molecule has 0 atom stereocenters. The molecule has 0 aliphatic rings. The molecule has 2 aromatic heterocycles. The van der Waals surface area contributed by atoms with E-state index in [-0.39, 0.29) is 17.7 Å². The molecule has 2 heterocycles. The minimum atomic E-state index is -0.419. The van der Waals surface area contributed by atoms with Gasteiger partial charge in [-0.3, -0.25) is 9.78 Å². The fourth-order valence-corrected chi connectivity index (χ4v) is 4.01. The molecule has 0 spiro atoms. The number of aromatic nitrogens is 1. The van der Waals surface area contributed by atoms with E-state index in [0.29, 0.717) is 39.4 Å². The molecule has 0 aliphatic heterocycles. The van der Waals surface area contributed by atoms with Crippen molar-refractivity contribution >= 4 is 39.0 Å². The van der Waals surface area contributed by atoms with E-state index in [1.165, 1.54) is 0 Å². The Kier molecular flexibility index (Phi) is 5.99. The number of ether oxygens (including phenoxy) is 1. The minimum Gasteiger partial charge on any atom is -0.495 e. The highest BCUT2D eigenvalue weighted by atomic mass is 16.5. The zero-order chi connectivity index (χ0) is 24.4. The van der Waals surface area contributed by atoms with Crippen molar-refractivity contribution < 1.29 is 19.1 Å². The molecule has 5 rings (SSSR count). The fraction of sp³-hybridized carbons (Fsp3) is 0.107. The van der Waals surface area contributed by atoms with Crippen molar-refractivity contribution in [2.75, 3.05) is 12.4 Å². The van der Waals surface area contributed by atoms with Crippen molar-refractivity contribution in [2.24, 2.45) is 4.99 Å². The zero-order valence-electron chi connectivity index (χ0n) is 19.3. The lowest BCUT2D eigenvalue weighted by Crippen LogP contribution is -2.22. The average Bonchev–Trinajstić information content (AvgIpc) is 2.89. The summed E-state index contributed by atoms with van der Waals surface area (Å²) in [5.41, 5.74) is 3.19. The number of para-hydroxylation sites is 2. The molecule has 0 saturated carbocycles. The molecule has 7 nitrogen and oxygen atoms in total. The Morgan fingerprint density at radius 3 is 2.66 bits per heavy atom. The van der Waals surface area contributed by atoms with Crippen LogP contribution in [0.1, 0.15) is 21.6 Å². The molecule has 3 aromatic carbocycles. The summed E-state index contributed by atoms with van der Waals surface area (Å²) in [6, 6.07) is 22.5. The summed E-state index contributed by atoms with van der Waals surface area (Å²) in [5.74, 6) is 0.111. The molecule has 0 bridgehead atoms. The van der Waals surface area contributed by atoms with E-state index in [2.05, 4.69) is 10.3 Å². The number of carbonyl (C=O) groups excluding carboxylic acids is 1. The molecule has 0 unspecified atom stereocenters. The number of nitrogens with zero attached hydrogens (tertiary/aromatic N) is 2. The van der Waals surface area contributed by atoms with Crippen LogP contribution in [0.25, 0.3) is 21.7 Å². The number of nitrogens with one attached hydrogen (secondary N) is 1. The van der Waals surface area contributed by atoms with Crippen LogP contribution in [0.3, 0.4) is 0 Å². The van der Waals surface area contributed by atoms with Crippen LogP contribution < -0.4 is 15.6 Å². The number of aliphatic hydroxyl groups excluding tert-OH is 1. The maximum Gasteiger partial charge on any atom is 0.261 e. The summed E-state index contributed by atoms with van der Waals surface area (Å²) >= 11 is 0. The molecular weight excluding hydrogens is 442 g/mol. The molecule has 0 fully saturated rings. The smallest absolute Gasteiger partial charge is 0.261 e. The van der Waals surface area contributed by atoms with Gasteiger partial charge in [0.25, 0.3) is 5.91 Å². The number of carbonyl (C=O) groups is 1. The fourth-order valence-electron chi connectivity index (χ4n) is 4.01. The molecule has 1 amide bonds. The van der Waals surface area contributed by atoms with Gasteiger partial charge in [-0.1, -0.05) is 48.5 Å². The van der Waals surface area contributed by atoms with Crippen LogP contribution in [-0.2, 0) is 6.61 Å². The Labute approximate surface area is 201 Å². The van der Waals surface area contributed by atoms with Crippen molar-refractivity contribution in [3.8, 4) is 5.75 Å².